The molecule has 0 radical (unpaired) electrons. The number of hydrogen-bond acceptors (Lipinski definition) is 3. The number of carbonyl (C=O) groups excluding carboxylic acids is 1. The zero-order valence-electron chi connectivity index (χ0n) is 13.7. The molecule has 1 aromatic heterocycles. The van der Waals surface area contributed by atoms with Gasteiger partial charge in [-0.1, -0.05) is 30.3 Å². The second kappa shape index (κ2) is 6.81. The second-order valence-corrected chi connectivity index (χ2v) is 8.61. The summed E-state index contributed by atoms with van der Waals surface area (Å²) in [4.78, 5) is 12.4. The Hall–Kier alpha value is -2.08. The molecular formula is C18H22N2O3S. The van der Waals surface area contributed by atoms with Crippen molar-refractivity contribution < 1.29 is 13.2 Å². The van der Waals surface area contributed by atoms with E-state index in [1.807, 2.05) is 48.0 Å². The van der Waals surface area contributed by atoms with Gasteiger partial charge in [-0.05, 0) is 37.0 Å². The van der Waals surface area contributed by atoms with E-state index in [-0.39, 0.29) is 16.9 Å². The van der Waals surface area contributed by atoms with Crippen molar-refractivity contribution in [3.63, 3.8) is 0 Å². The zero-order chi connectivity index (χ0) is 17.2. The summed E-state index contributed by atoms with van der Waals surface area (Å²) in [5.41, 5.74) is 2.60. The molecule has 2 aromatic rings. The maximum atomic E-state index is 12.4. The number of nitrogens with one attached hydrogen (secondary N) is 1. The Balaban J connectivity index is 1.63. The van der Waals surface area contributed by atoms with Crippen LogP contribution in [-0.4, -0.2) is 36.4 Å². The van der Waals surface area contributed by atoms with E-state index < -0.39 is 9.84 Å². The van der Waals surface area contributed by atoms with Crippen molar-refractivity contribution in [2.75, 3.05) is 12.3 Å². The summed E-state index contributed by atoms with van der Waals surface area (Å²) in [5.74, 6) is 0.110. The Labute approximate surface area is 142 Å². The molecule has 1 fully saturated rings. The first-order valence-electron chi connectivity index (χ1n) is 8.20. The van der Waals surface area contributed by atoms with Gasteiger partial charge in [-0.15, -0.1) is 0 Å². The topological polar surface area (TPSA) is 68.2 Å². The molecule has 3 rings (SSSR count). The first-order chi connectivity index (χ1) is 11.5. The molecule has 5 nitrogen and oxygen atoms in total. The third-order valence-electron chi connectivity index (χ3n) is 4.64. The third kappa shape index (κ3) is 3.38. The molecule has 0 aliphatic carbocycles. The SMILES string of the molecule is Cn1c(C(=O)NCCC2CCCS2(=O)=O)ccc1-c1ccccc1. The van der Waals surface area contributed by atoms with Crippen molar-refractivity contribution in [3.05, 3.63) is 48.2 Å². The molecular weight excluding hydrogens is 324 g/mol. The van der Waals surface area contributed by atoms with Crippen LogP contribution in [-0.2, 0) is 16.9 Å². The highest BCUT2D eigenvalue weighted by molar-refractivity contribution is 7.92. The van der Waals surface area contributed by atoms with Crippen LogP contribution in [0, 0.1) is 0 Å². The summed E-state index contributed by atoms with van der Waals surface area (Å²) >= 11 is 0. The average Bonchev–Trinajstić information content (AvgIpc) is 3.10. The van der Waals surface area contributed by atoms with Gasteiger partial charge in [-0.2, -0.15) is 0 Å². The lowest BCUT2D eigenvalue weighted by Gasteiger charge is -2.11. The van der Waals surface area contributed by atoms with E-state index in [0.717, 1.165) is 17.7 Å². The van der Waals surface area contributed by atoms with E-state index in [1.165, 1.54) is 0 Å². The monoisotopic (exact) mass is 346 g/mol. The highest BCUT2D eigenvalue weighted by Crippen LogP contribution is 2.23. The smallest absolute Gasteiger partial charge is 0.267 e. The van der Waals surface area contributed by atoms with Crippen molar-refractivity contribution in [2.45, 2.75) is 24.5 Å². The van der Waals surface area contributed by atoms with Crippen LogP contribution in [0.4, 0.5) is 0 Å². The molecule has 0 spiro atoms. The molecule has 1 atom stereocenters. The Kier molecular flexibility index (Phi) is 4.76. The molecule has 1 aliphatic rings. The first kappa shape index (κ1) is 16.8. The quantitative estimate of drug-likeness (QED) is 0.904. The molecule has 1 aliphatic heterocycles. The summed E-state index contributed by atoms with van der Waals surface area (Å²) in [7, 11) is -1.09. The number of aromatic nitrogens is 1. The van der Waals surface area contributed by atoms with E-state index in [2.05, 4.69) is 5.32 Å². The standard InChI is InChI=1S/C18H22N2O3S/c1-20-16(14-6-3-2-4-7-14)9-10-17(20)18(21)19-12-11-15-8-5-13-24(15,22)23/h2-4,6-7,9-10,15H,5,8,11-13H2,1H3,(H,19,21). The molecule has 1 aromatic carbocycles. The van der Waals surface area contributed by atoms with E-state index in [4.69, 9.17) is 0 Å². The van der Waals surface area contributed by atoms with Gasteiger partial charge in [-0.25, -0.2) is 8.42 Å². The van der Waals surface area contributed by atoms with Crippen LogP contribution in [0.25, 0.3) is 11.3 Å². The van der Waals surface area contributed by atoms with Gasteiger partial charge in [0.25, 0.3) is 5.91 Å². The van der Waals surface area contributed by atoms with Crippen LogP contribution in [0.3, 0.4) is 0 Å². The van der Waals surface area contributed by atoms with Crippen LogP contribution in [0.1, 0.15) is 29.8 Å². The number of hydrogen-bond donors (Lipinski definition) is 1. The lowest BCUT2D eigenvalue weighted by atomic mass is 10.2. The fourth-order valence-corrected chi connectivity index (χ4v) is 5.16. The van der Waals surface area contributed by atoms with E-state index in [0.29, 0.717) is 25.1 Å². The van der Waals surface area contributed by atoms with Gasteiger partial charge in [0.2, 0.25) is 0 Å². The normalized spacial score (nSPS) is 19.3. The third-order valence-corrected chi connectivity index (χ3v) is 6.98. The number of rotatable bonds is 5. The minimum absolute atomic E-state index is 0.171. The summed E-state index contributed by atoms with van der Waals surface area (Å²) in [6, 6.07) is 13.6. The Morgan fingerprint density at radius 1 is 1.21 bits per heavy atom. The summed E-state index contributed by atoms with van der Waals surface area (Å²) in [6.07, 6.45) is 1.93. The number of amides is 1. The highest BCUT2D eigenvalue weighted by atomic mass is 32.2. The molecule has 0 bridgehead atoms. The van der Waals surface area contributed by atoms with E-state index >= 15 is 0 Å². The maximum Gasteiger partial charge on any atom is 0.267 e. The van der Waals surface area contributed by atoms with Crippen molar-refractivity contribution in [1.82, 2.24) is 9.88 Å². The van der Waals surface area contributed by atoms with Crippen LogP contribution in [0.5, 0.6) is 0 Å². The Bertz CT molecular complexity index is 825. The van der Waals surface area contributed by atoms with E-state index in [9.17, 15) is 13.2 Å². The van der Waals surface area contributed by atoms with E-state index in [1.54, 1.807) is 6.07 Å². The van der Waals surface area contributed by atoms with Crippen molar-refractivity contribution >= 4 is 15.7 Å². The molecule has 1 unspecified atom stereocenters. The molecule has 1 amide bonds. The lowest BCUT2D eigenvalue weighted by molar-refractivity contribution is 0.0945. The molecule has 6 heteroatoms. The van der Waals surface area contributed by atoms with Gasteiger partial charge in [-0.3, -0.25) is 4.79 Å². The summed E-state index contributed by atoms with van der Waals surface area (Å²) in [5, 5.41) is 2.55. The van der Waals surface area contributed by atoms with Gasteiger partial charge in [0.1, 0.15) is 5.69 Å². The number of carbonyl (C=O) groups is 1. The first-order valence-corrected chi connectivity index (χ1v) is 9.91. The van der Waals surface area contributed by atoms with Gasteiger partial charge in [0.15, 0.2) is 9.84 Å². The van der Waals surface area contributed by atoms with Crippen LogP contribution < -0.4 is 5.32 Å². The summed E-state index contributed by atoms with van der Waals surface area (Å²) < 4.78 is 25.5. The molecule has 0 saturated carbocycles. The van der Waals surface area contributed by atoms with Gasteiger partial charge < -0.3 is 9.88 Å². The van der Waals surface area contributed by atoms with Crippen molar-refractivity contribution in [1.29, 1.82) is 0 Å². The largest absolute Gasteiger partial charge is 0.351 e. The maximum absolute atomic E-state index is 12.4. The predicted octanol–water partition coefficient (Wildman–Crippen LogP) is 2.39. The Morgan fingerprint density at radius 3 is 2.62 bits per heavy atom. The van der Waals surface area contributed by atoms with Crippen molar-refractivity contribution in [2.24, 2.45) is 7.05 Å². The fourth-order valence-electron chi connectivity index (χ4n) is 3.26. The molecule has 1 saturated heterocycles. The Morgan fingerprint density at radius 2 is 1.96 bits per heavy atom. The highest BCUT2D eigenvalue weighted by Gasteiger charge is 2.30. The molecule has 1 N–H and O–H groups in total. The minimum atomic E-state index is -2.95. The molecule has 128 valence electrons. The van der Waals surface area contributed by atoms with Gasteiger partial charge >= 0.3 is 0 Å². The van der Waals surface area contributed by atoms with Crippen LogP contribution in [0.15, 0.2) is 42.5 Å². The predicted molar refractivity (Wildman–Crippen MR) is 94.6 cm³/mol. The van der Waals surface area contributed by atoms with Crippen LogP contribution >= 0.6 is 0 Å². The number of nitrogens with zero attached hydrogens (tertiary/aromatic N) is 1. The summed E-state index contributed by atoms with van der Waals surface area (Å²) in [6.45, 7) is 0.384. The van der Waals surface area contributed by atoms with Crippen LogP contribution in [0.2, 0.25) is 0 Å². The van der Waals surface area contributed by atoms with Crippen molar-refractivity contribution in [3.8, 4) is 11.3 Å². The average molecular weight is 346 g/mol. The van der Waals surface area contributed by atoms with Gasteiger partial charge in [0, 0.05) is 19.3 Å². The second-order valence-electron chi connectivity index (χ2n) is 6.20. The molecule has 24 heavy (non-hydrogen) atoms. The molecule has 2 heterocycles. The fraction of sp³-hybridized carbons (Fsp3) is 0.389. The lowest BCUT2D eigenvalue weighted by Crippen LogP contribution is -2.29. The number of benzene rings is 1. The van der Waals surface area contributed by atoms with Gasteiger partial charge in [0.05, 0.1) is 11.0 Å². The number of sulfone groups is 1. The zero-order valence-corrected chi connectivity index (χ0v) is 14.6. The minimum Gasteiger partial charge on any atom is -0.351 e.